The Hall–Kier alpha value is -1.69. The van der Waals surface area contributed by atoms with Crippen molar-refractivity contribution in [1.29, 1.82) is 0 Å². The first-order chi connectivity index (χ1) is 8.70. The molecule has 2 aromatic rings. The molecule has 18 heavy (non-hydrogen) atoms. The van der Waals surface area contributed by atoms with Crippen molar-refractivity contribution in [2.24, 2.45) is 0 Å². The van der Waals surface area contributed by atoms with Gasteiger partial charge in [0.15, 0.2) is 5.82 Å². The van der Waals surface area contributed by atoms with Gasteiger partial charge >= 0.3 is 0 Å². The van der Waals surface area contributed by atoms with E-state index in [2.05, 4.69) is 15.3 Å². The highest BCUT2D eigenvalue weighted by Gasteiger charge is 2.11. The average Bonchev–Trinajstić information content (AvgIpc) is 2.36. The molecule has 1 aromatic heterocycles. The van der Waals surface area contributed by atoms with Gasteiger partial charge in [-0.05, 0) is 19.1 Å². The zero-order chi connectivity index (χ0) is 13.0. The van der Waals surface area contributed by atoms with Gasteiger partial charge in [0.2, 0.25) is 5.95 Å². The molecule has 6 heteroatoms. The Bertz CT molecular complexity index is 549. The fraction of sp³-hybridized carbons (Fsp3) is 0.167. The van der Waals surface area contributed by atoms with Crippen molar-refractivity contribution in [3.63, 3.8) is 0 Å². The van der Waals surface area contributed by atoms with Gasteiger partial charge in [-0.1, -0.05) is 23.9 Å². The predicted octanol–water partition coefficient (Wildman–Crippen LogP) is 3.34. The van der Waals surface area contributed by atoms with Gasteiger partial charge in [-0.2, -0.15) is 0 Å². The lowest BCUT2D eigenvalue weighted by molar-refractivity contribution is 0.578. The molecule has 2 rings (SSSR count). The van der Waals surface area contributed by atoms with Crippen molar-refractivity contribution >= 4 is 17.7 Å². The van der Waals surface area contributed by atoms with E-state index in [0.29, 0.717) is 17.4 Å². The molecule has 0 spiro atoms. The minimum Gasteiger partial charge on any atom is -0.354 e. The zero-order valence-electron chi connectivity index (χ0n) is 9.65. The van der Waals surface area contributed by atoms with E-state index in [0.717, 1.165) is 18.0 Å². The molecular weight excluding hydrogens is 256 g/mol. The van der Waals surface area contributed by atoms with Crippen LogP contribution in [0.15, 0.2) is 40.4 Å². The number of halogens is 2. The molecule has 1 N–H and O–H groups in total. The lowest BCUT2D eigenvalue weighted by Crippen LogP contribution is -2.03. The molecule has 0 atom stereocenters. The van der Waals surface area contributed by atoms with E-state index < -0.39 is 11.6 Å². The first-order valence-electron chi connectivity index (χ1n) is 5.39. The molecule has 0 saturated heterocycles. The first-order valence-corrected chi connectivity index (χ1v) is 6.21. The molecule has 0 radical (unpaired) electrons. The summed E-state index contributed by atoms with van der Waals surface area (Å²) in [7, 11) is 0. The first kappa shape index (κ1) is 12.8. The second-order valence-corrected chi connectivity index (χ2v) is 4.44. The van der Waals surface area contributed by atoms with Gasteiger partial charge in [0.25, 0.3) is 0 Å². The minimum absolute atomic E-state index is 0.103. The lowest BCUT2D eigenvalue weighted by Gasteiger charge is -2.06. The Kier molecular flexibility index (Phi) is 4.09. The second kappa shape index (κ2) is 5.77. The maximum Gasteiger partial charge on any atom is 0.223 e. The van der Waals surface area contributed by atoms with Crippen LogP contribution in [0.5, 0.6) is 0 Å². The third kappa shape index (κ3) is 2.95. The molecule has 3 nitrogen and oxygen atoms in total. The third-order valence-corrected chi connectivity index (χ3v) is 3.12. The molecule has 0 aliphatic carbocycles. The Balaban J connectivity index is 2.28. The molecule has 0 saturated carbocycles. The summed E-state index contributed by atoms with van der Waals surface area (Å²) in [5.74, 6) is -0.631. The molecule has 0 bridgehead atoms. The quantitative estimate of drug-likeness (QED) is 0.862. The standard InChI is InChI=1S/C12H11F2N3S/c1-2-15-12-16-7-9(14)11(17-12)18-10-6-4-3-5-8(10)13/h3-7H,2H2,1H3,(H,15,16,17). The molecule has 94 valence electrons. The van der Waals surface area contributed by atoms with Gasteiger partial charge in [-0.25, -0.2) is 18.7 Å². The summed E-state index contributed by atoms with van der Waals surface area (Å²) in [5, 5.41) is 2.98. The number of hydrogen-bond acceptors (Lipinski definition) is 4. The maximum absolute atomic E-state index is 13.5. The highest BCUT2D eigenvalue weighted by atomic mass is 32.2. The van der Waals surface area contributed by atoms with Crippen LogP contribution in [0.4, 0.5) is 14.7 Å². The minimum atomic E-state index is -0.565. The van der Waals surface area contributed by atoms with E-state index in [4.69, 9.17) is 0 Å². The summed E-state index contributed by atoms with van der Waals surface area (Å²) in [6, 6.07) is 6.18. The number of aromatic nitrogens is 2. The molecule has 0 amide bonds. The summed E-state index contributed by atoms with van der Waals surface area (Å²) in [6.45, 7) is 2.52. The van der Waals surface area contributed by atoms with Gasteiger partial charge in [0.05, 0.1) is 6.20 Å². The van der Waals surface area contributed by atoms with Crippen LogP contribution in [0.2, 0.25) is 0 Å². The molecule has 1 aromatic carbocycles. The van der Waals surface area contributed by atoms with E-state index in [1.165, 1.54) is 6.07 Å². The van der Waals surface area contributed by atoms with E-state index in [-0.39, 0.29) is 5.03 Å². The van der Waals surface area contributed by atoms with Crippen LogP contribution in [0.3, 0.4) is 0 Å². The maximum atomic E-state index is 13.5. The van der Waals surface area contributed by atoms with Crippen LogP contribution in [0.25, 0.3) is 0 Å². The molecule has 0 aliphatic rings. The fourth-order valence-corrected chi connectivity index (χ4v) is 2.10. The molecular formula is C12H11F2N3S. The van der Waals surface area contributed by atoms with Gasteiger partial charge in [0, 0.05) is 11.4 Å². The van der Waals surface area contributed by atoms with Crippen LogP contribution in [-0.2, 0) is 0 Å². The fourth-order valence-electron chi connectivity index (χ4n) is 1.30. The molecule has 0 unspecified atom stereocenters. The second-order valence-electron chi connectivity index (χ2n) is 3.41. The Morgan fingerprint density at radius 3 is 2.72 bits per heavy atom. The highest BCUT2D eigenvalue weighted by Crippen LogP contribution is 2.30. The topological polar surface area (TPSA) is 37.8 Å². The van der Waals surface area contributed by atoms with Crippen molar-refractivity contribution in [1.82, 2.24) is 9.97 Å². The normalized spacial score (nSPS) is 10.4. The van der Waals surface area contributed by atoms with E-state index in [9.17, 15) is 8.78 Å². The van der Waals surface area contributed by atoms with Crippen LogP contribution in [0.1, 0.15) is 6.92 Å². The smallest absolute Gasteiger partial charge is 0.223 e. The summed E-state index contributed by atoms with van der Waals surface area (Å²) in [6.07, 6.45) is 1.08. The van der Waals surface area contributed by atoms with E-state index >= 15 is 0 Å². The molecule has 0 fully saturated rings. The van der Waals surface area contributed by atoms with Crippen molar-refractivity contribution in [3.8, 4) is 0 Å². The third-order valence-electron chi connectivity index (χ3n) is 2.09. The summed E-state index contributed by atoms with van der Waals surface area (Å²) in [5.41, 5.74) is 0. The van der Waals surface area contributed by atoms with Crippen LogP contribution in [0, 0.1) is 11.6 Å². The Labute approximate surface area is 108 Å². The van der Waals surface area contributed by atoms with Crippen molar-refractivity contribution < 1.29 is 8.78 Å². The Morgan fingerprint density at radius 2 is 2.00 bits per heavy atom. The van der Waals surface area contributed by atoms with Crippen LogP contribution in [-0.4, -0.2) is 16.5 Å². The number of nitrogens with one attached hydrogen (secondary N) is 1. The number of rotatable bonds is 4. The predicted molar refractivity (Wildman–Crippen MR) is 66.7 cm³/mol. The van der Waals surface area contributed by atoms with Gasteiger partial charge in [-0.3, -0.25) is 0 Å². The van der Waals surface area contributed by atoms with Crippen molar-refractivity contribution in [3.05, 3.63) is 42.1 Å². The number of hydrogen-bond donors (Lipinski definition) is 1. The largest absolute Gasteiger partial charge is 0.354 e. The van der Waals surface area contributed by atoms with Gasteiger partial charge < -0.3 is 5.32 Å². The number of benzene rings is 1. The van der Waals surface area contributed by atoms with Crippen molar-refractivity contribution in [2.75, 3.05) is 11.9 Å². The van der Waals surface area contributed by atoms with Crippen molar-refractivity contribution in [2.45, 2.75) is 16.8 Å². The number of anilines is 1. The Morgan fingerprint density at radius 1 is 1.22 bits per heavy atom. The zero-order valence-corrected chi connectivity index (χ0v) is 10.5. The van der Waals surface area contributed by atoms with Gasteiger partial charge in [-0.15, -0.1) is 0 Å². The summed E-state index contributed by atoms with van der Waals surface area (Å²) >= 11 is 0.940. The monoisotopic (exact) mass is 267 g/mol. The lowest BCUT2D eigenvalue weighted by atomic mass is 10.3. The van der Waals surface area contributed by atoms with Gasteiger partial charge in [0.1, 0.15) is 10.8 Å². The molecule has 1 heterocycles. The van der Waals surface area contributed by atoms with E-state index in [1.807, 2.05) is 6.92 Å². The highest BCUT2D eigenvalue weighted by molar-refractivity contribution is 7.99. The summed E-state index contributed by atoms with van der Waals surface area (Å²) in [4.78, 5) is 8.12. The average molecular weight is 267 g/mol. The number of nitrogens with zero attached hydrogens (tertiary/aromatic N) is 2. The van der Waals surface area contributed by atoms with E-state index in [1.54, 1.807) is 18.2 Å². The summed E-state index contributed by atoms with van der Waals surface area (Å²) < 4.78 is 27.0. The SMILES string of the molecule is CCNc1ncc(F)c(Sc2ccccc2F)n1. The van der Waals surface area contributed by atoms with Crippen LogP contribution < -0.4 is 5.32 Å². The molecule has 0 aliphatic heterocycles. The van der Waals surface area contributed by atoms with Crippen LogP contribution >= 0.6 is 11.8 Å².